The van der Waals surface area contributed by atoms with Gasteiger partial charge in [-0.1, -0.05) is 49.0 Å². The van der Waals surface area contributed by atoms with E-state index in [2.05, 4.69) is 29.4 Å². The largest absolute Gasteiger partial charge is 0.355 e. The van der Waals surface area contributed by atoms with Crippen LogP contribution in [0.2, 0.25) is 0 Å². The van der Waals surface area contributed by atoms with Gasteiger partial charge in [-0.25, -0.2) is 4.98 Å². The Kier molecular flexibility index (Phi) is 6.34. The topological polar surface area (TPSA) is 64.0 Å². The number of benzene rings is 1. The molecule has 2 aromatic heterocycles. The number of carbonyl (C=O) groups excluding carboxylic acids is 1. The summed E-state index contributed by atoms with van der Waals surface area (Å²) in [5.74, 6) is 0.187. The van der Waals surface area contributed by atoms with E-state index in [1.54, 1.807) is 4.57 Å². The fourth-order valence-electron chi connectivity index (χ4n) is 2.80. The second kappa shape index (κ2) is 8.71. The number of nitrogens with zero attached hydrogens (tertiary/aromatic N) is 2. The number of aromatic nitrogens is 2. The van der Waals surface area contributed by atoms with Crippen LogP contribution < -0.4 is 10.9 Å². The summed E-state index contributed by atoms with van der Waals surface area (Å²) in [6.07, 6.45) is 0. The third kappa shape index (κ3) is 4.42. The van der Waals surface area contributed by atoms with E-state index in [-0.39, 0.29) is 22.6 Å². The van der Waals surface area contributed by atoms with Crippen molar-refractivity contribution in [2.75, 3.05) is 6.54 Å². The van der Waals surface area contributed by atoms with Crippen molar-refractivity contribution >= 4 is 39.2 Å². The Labute approximate surface area is 166 Å². The predicted octanol–water partition coefficient (Wildman–Crippen LogP) is 3.88. The molecule has 0 saturated carbocycles. The van der Waals surface area contributed by atoms with Crippen LogP contribution in [0.5, 0.6) is 0 Å². The van der Waals surface area contributed by atoms with Gasteiger partial charge in [0.1, 0.15) is 4.70 Å². The van der Waals surface area contributed by atoms with Crippen molar-refractivity contribution in [2.24, 2.45) is 0 Å². The summed E-state index contributed by atoms with van der Waals surface area (Å²) in [5, 5.41) is 5.13. The molecule has 2 unspecified atom stereocenters. The molecule has 3 rings (SSSR count). The molecule has 7 heteroatoms. The zero-order valence-corrected chi connectivity index (χ0v) is 17.3. The number of nitrogens with one attached hydrogen (secondary N) is 1. The Morgan fingerprint density at radius 1 is 1.26 bits per heavy atom. The Hall–Kier alpha value is -2.12. The molecule has 3 aromatic rings. The lowest BCUT2D eigenvalue weighted by Crippen LogP contribution is -2.34. The van der Waals surface area contributed by atoms with Gasteiger partial charge in [-0.05, 0) is 36.8 Å². The lowest BCUT2D eigenvalue weighted by atomic mass is 10.0. The molecule has 2 heterocycles. The number of thioether (sulfide) groups is 1. The first-order chi connectivity index (χ1) is 13.0. The standard InChI is InChI=1S/C20H23N3O2S2/c1-4-23-19(25)17-16(10-11-26-17)22-20(23)27-14(3)18(24)21-12-13(2)15-8-6-5-7-9-15/h5-11,13-14H,4,12H2,1-3H3,(H,21,24). The number of thiophene rings is 1. The van der Waals surface area contributed by atoms with Gasteiger partial charge < -0.3 is 5.32 Å². The first-order valence-corrected chi connectivity index (χ1v) is 10.7. The van der Waals surface area contributed by atoms with Gasteiger partial charge in [0.15, 0.2) is 5.16 Å². The van der Waals surface area contributed by atoms with Crippen LogP contribution >= 0.6 is 23.1 Å². The van der Waals surface area contributed by atoms with E-state index >= 15 is 0 Å². The zero-order chi connectivity index (χ0) is 19.4. The Bertz CT molecular complexity index is 982. The molecule has 0 spiro atoms. The second-order valence-corrected chi connectivity index (χ2v) is 8.62. The minimum atomic E-state index is -0.339. The molecule has 142 valence electrons. The molecule has 1 aromatic carbocycles. The molecule has 2 atom stereocenters. The van der Waals surface area contributed by atoms with Crippen LogP contribution in [0.25, 0.3) is 10.2 Å². The van der Waals surface area contributed by atoms with E-state index in [1.807, 2.05) is 43.5 Å². The molecule has 1 amide bonds. The van der Waals surface area contributed by atoms with Crippen LogP contribution in [0.15, 0.2) is 51.7 Å². The smallest absolute Gasteiger partial charge is 0.272 e. The average Bonchev–Trinajstić information content (AvgIpc) is 3.15. The van der Waals surface area contributed by atoms with Gasteiger partial charge in [0, 0.05) is 13.1 Å². The first kappa shape index (κ1) is 19.6. The fourth-order valence-corrected chi connectivity index (χ4v) is 4.58. The van der Waals surface area contributed by atoms with Gasteiger partial charge in [-0.15, -0.1) is 11.3 Å². The van der Waals surface area contributed by atoms with Gasteiger partial charge in [0.25, 0.3) is 5.56 Å². The molecule has 1 N–H and O–H groups in total. The summed E-state index contributed by atoms with van der Waals surface area (Å²) >= 11 is 2.73. The van der Waals surface area contributed by atoms with Gasteiger partial charge in [-0.2, -0.15) is 0 Å². The molecule has 0 bridgehead atoms. The van der Waals surface area contributed by atoms with E-state index in [0.29, 0.717) is 28.5 Å². The van der Waals surface area contributed by atoms with Crippen molar-refractivity contribution in [1.82, 2.24) is 14.9 Å². The van der Waals surface area contributed by atoms with Crippen LogP contribution in [0, 0.1) is 0 Å². The maximum atomic E-state index is 12.6. The molecule has 0 radical (unpaired) electrons. The molecule has 5 nitrogen and oxygen atoms in total. The van der Waals surface area contributed by atoms with E-state index in [4.69, 9.17) is 0 Å². The molecule has 0 fully saturated rings. The van der Waals surface area contributed by atoms with Crippen LogP contribution in [0.3, 0.4) is 0 Å². The summed E-state index contributed by atoms with van der Waals surface area (Å²) in [6, 6.07) is 12.0. The van der Waals surface area contributed by atoms with Crippen molar-refractivity contribution in [3.63, 3.8) is 0 Å². The van der Waals surface area contributed by atoms with Crippen molar-refractivity contribution in [3.05, 3.63) is 57.7 Å². The molecule has 0 aliphatic heterocycles. The molecule has 0 aliphatic carbocycles. The highest BCUT2D eigenvalue weighted by molar-refractivity contribution is 8.00. The predicted molar refractivity (Wildman–Crippen MR) is 113 cm³/mol. The molecule has 27 heavy (non-hydrogen) atoms. The minimum absolute atomic E-state index is 0.0368. The highest BCUT2D eigenvalue weighted by Crippen LogP contribution is 2.24. The van der Waals surface area contributed by atoms with Gasteiger partial charge in [0.2, 0.25) is 5.91 Å². The van der Waals surface area contributed by atoms with Gasteiger partial charge in [0.05, 0.1) is 10.8 Å². The van der Waals surface area contributed by atoms with Crippen LogP contribution in [0.4, 0.5) is 0 Å². The summed E-state index contributed by atoms with van der Waals surface area (Å²) in [5.41, 5.74) is 1.86. The molecular formula is C20H23N3O2S2. The Morgan fingerprint density at radius 2 is 2.00 bits per heavy atom. The van der Waals surface area contributed by atoms with E-state index in [9.17, 15) is 9.59 Å². The van der Waals surface area contributed by atoms with Gasteiger partial charge in [-0.3, -0.25) is 14.2 Å². The van der Waals surface area contributed by atoms with Crippen LogP contribution in [-0.2, 0) is 11.3 Å². The zero-order valence-electron chi connectivity index (χ0n) is 15.6. The summed E-state index contributed by atoms with van der Waals surface area (Å²) < 4.78 is 2.30. The Balaban J connectivity index is 1.68. The maximum Gasteiger partial charge on any atom is 0.272 e. The molecular weight excluding hydrogens is 378 g/mol. The SMILES string of the molecule is CCn1c(SC(C)C(=O)NCC(C)c2ccccc2)nc2ccsc2c1=O. The number of rotatable bonds is 7. The third-order valence-corrected chi connectivity index (χ3v) is 6.43. The number of fused-ring (bicyclic) bond motifs is 1. The van der Waals surface area contributed by atoms with E-state index in [1.165, 1.54) is 28.7 Å². The quantitative estimate of drug-likeness (QED) is 0.482. The number of hydrogen-bond donors (Lipinski definition) is 1. The average molecular weight is 402 g/mol. The highest BCUT2D eigenvalue weighted by Gasteiger charge is 2.20. The van der Waals surface area contributed by atoms with Crippen molar-refractivity contribution < 1.29 is 4.79 Å². The first-order valence-electron chi connectivity index (χ1n) is 8.98. The number of carbonyl (C=O) groups is 1. The molecule has 0 aliphatic rings. The number of amides is 1. The maximum absolute atomic E-state index is 12.6. The van der Waals surface area contributed by atoms with Crippen molar-refractivity contribution in [1.29, 1.82) is 0 Å². The normalized spacial score (nSPS) is 13.4. The highest BCUT2D eigenvalue weighted by atomic mass is 32.2. The monoisotopic (exact) mass is 401 g/mol. The van der Waals surface area contributed by atoms with E-state index < -0.39 is 0 Å². The van der Waals surface area contributed by atoms with Crippen LogP contribution in [0.1, 0.15) is 32.3 Å². The summed E-state index contributed by atoms with van der Waals surface area (Å²) in [6.45, 7) is 6.96. The minimum Gasteiger partial charge on any atom is -0.355 e. The second-order valence-electron chi connectivity index (χ2n) is 6.40. The Morgan fingerprint density at radius 3 is 2.70 bits per heavy atom. The third-order valence-electron chi connectivity index (χ3n) is 4.45. The number of hydrogen-bond acceptors (Lipinski definition) is 5. The van der Waals surface area contributed by atoms with E-state index in [0.717, 1.165) is 0 Å². The lowest BCUT2D eigenvalue weighted by Gasteiger charge is -2.17. The summed E-state index contributed by atoms with van der Waals surface area (Å²) in [7, 11) is 0. The lowest BCUT2D eigenvalue weighted by molar-refractivity contribution is -0.120. The van der Waals surface area contributed by atoms with Crippen LogP contribution in [-0.4, -0.2) is 27.3 Å². The fraction of sp³-hybridized carbons (Fsp3) is 0.350. The van der Waals surface area contributed by atoms with Crippen molar-refractivity contribution in [2.45, 2.75) is 43.6 Å². The van der Waals surface area contributed by atoms with Gasteiger partial charge >= 0.3 is 0 Å². The summed E-state index contributed by atoms with van der Waals surface area (Å²) in [4.78, 5) is 29.7. The van der Waals surface area contributed by atoms with Crippen molar-refractivity contribution in [3.8, 4) is 0 Å². The molecule has 0 saturated heterocycles.